The maximum absolute atomic E-state index is 14.0. The van der Waals surface area contributed by atoms with Crippen LogP contribution in [0.25, 0.3) is 21.3 Å². The lowest BCUT2D eigenvalue weighted by atomic mass is 9.94. The molecule has 0 radical (unpaired) electrons. The molecule has 0 saturated carbocycles. The summed E-state index contributed by atoms with van der Waals surface area (Å²) in [7, 11) is 0. The fraction of sp³-hybridized carbons (Fsp3) is 0.413. The van der Waals surface area contributed by atoms with Crippen molar-refractivity contribution in [3.8, 4) is 16.9 Å². The van der Waals surface area contributed by atoms with E-state index in [-0.39, 0.29) is 37.9 Å². The molecule has 62 heavy (non-hydrogen) atoms. The van der Waals surface area contributed by atoms with Crippen LogP contribution in [0.4, 0.5) is 24.1 Å². The number of nitrogens with zero attached hydrogens (tertiary/aromatic N) is 5. The van der Waals surface area contributed by atoms with Crippen molar-refractivity contribution in [2.24, 2.45) is 0 Å². The van der Waals surface area contributed by atoms with E-state index in [1.54, 1.807) is 32.6 Å². The maximum atomic E-state index is 14.0. The van der Waals surface area contributed by atoms with Gasteiger partial charge in [-0.25, -0.2) is 14.8 Å². The highest BCUT2D eigenvalue weighted by Crippen LogP contribution is 2.36. The first kappa shape index (κ1) is 44.5. The van der Waals surface area contributed by atoms with Gasteiger partial charge in [-0.2, -0.15) is 13.2 Å². The van der Waals surface area contributed by atoms with Gasteiger partial charge in [0.1, 0.15) is 23.2 Å². The zero-order valence-corrected chi connectivity index (χ0v) is 36.3. The molecule has 1 N–H and O–H groups in total. The molecule has 12 nitrogen and oxygen atoms in total. The number of carbonyl (C=O) groups excluding carboxylic acids is 3. The summed E-state index contributed by atoms with van der Waals surface area (Å²) in [5.74, 6) is -0.385. The number of anilines is 2. The Bertz CT molecular complexity index is 2400. The standard InChI is InChI=1S/C46H51F3N6O6S/c1-6-59-40(56)28-54-24-23-53(27-38(54)46(47,48)49)21-11-25-60-36-16-10-13-31(29(36)2)32-18-19-39(51-41(32)43(58)61-45(3,4)5)55-22-20-30-12-9-14-33(34(30)26-55)42(57)52-44-50-35-15-7-8-17-37(35)62-44/h7-10,12-19,38H,6,11,20-28H2,1-5H3,(H,50,52,57). The lowest BCUT2D eigenvalue weighted by Crippen LogP contribution is -2.60. The number of benzene rings is 3. The number of aromatic nitrogens is 2. The Kier molecular flexibility index (Phi) is 13.5. The van der Waals surface area contributed by atoms with Gasteiger partial charge in [0.25, 0.3) is 5.91 Å². The van der Waals surface area contributed by atoms with Crippen LogP contribution in [-0.2, 0) is 27.2 Å². The molecular formula is C46H51F3N6O6S. The first-order valence-electron chi connectivity index (χ1n) is 20.8. The van der Waals surface area contributed by atoms with Crippen molar-refractivity contribution in [1.82, 2.24) is 19.8 Å². The van der Waals surface area contributed by atoms with Crippen molar-refractivity contribution in [1.29, 1.82) is 0 Å². The van der Waals surface area contributed by atoms with Gasteiger partial charge in [0, 0.05) is 50.4 Å². The highest BCUT2D eigenvalue weighted by Gasteiger charge is 2.47. The summed E-state index contributed by atoms with van der Waals surface area (Å²) in [5, 5.41) is 3.51. The fourth-order valence-electron chi connectivity index (χ4n) is 7.89. The number of ether oxygens (including phenoxy) is 3. The molecule has 1 saturated heterocycles. The number of rotatable bonds is 13. The van der Waals surface area contributed by atoms with Gasteiger partial charge in [0.15, 0.2) is 10.8 Å². The van der Waals surface area contributed by atoms with E-state index < -0.39 is 36.3 Å². The van der Waals surface area contributed by atoms with Crippen LogP contribution >= 0.6 is 11.3 Å². The molecule has 0 aliphatic carbocycles. The van der Waals surface area contributed by atoms with Gasteiger partial charge in [-0.15, -0.1) is 0 Å². The zero-order chi connectivity index (χ0) is 44.2. The molecule has 0 bridgehead atoms. The molecule has 1 fully saturated rings. The molecule has 5 aromatic rings. The fourth-order valence-corrected chi connectivity index (χ4v) is 8.75. The molecule has 7 rings (SSSR count). The van der Waals surface area contributed by atoms with Crippen molar-refractivity contribution in [2.75, 3.05) is 62.7 Å². The third kappa shape index (κ3) is 10.5. The van der Waals surface area contributed by atoms with Crippen LogP contribution in [0.15, 0.2) is 72.8 Å². The lowest BCUT2D eigenvalue weighted by molar-refractivity contribution is -0.199. The van der Waals surface area contributed by atoms with E-state index >= 15 is 0 Å². The van der Waals surface area contributed by atoms with E-state index in [1.807, 2.05) is 79.7 Å². The number of carbonyl (C=O) groups is 3. The Balaban J connectivity index is 1.06. The third-order valence-corrected chi connectivity index (χ3v) is 11.8. The van der Waals surface area contributed by atoms with Gasteiger partial charge in [-0.1, -0.05) is 47.7 Å². The van der Waals surface area contributed by atoms with Crippen LogP contribution in [0.3, 0.4) is 0 Å². The van der Waals surface area contributed by atoms with Gasteiger partial charge in [-0.05, 0) is 106 Å². The highest BCUT2D eigenvalue weighted by molar-refractivity contribution is 7.22. The van der Waals surface area contributed by atoms with Crippen LogP contribution in [0.2, 0.25) is 0 Å². The molecular weight excluding hydrogens is 822 g/mol. The molecule has 1 amide bonds. The van der Waals surface area contributed by atoms with Crippen LogP contribution in [0.5, 0.6) is 5.75 Å². The van der Waals surface area contributed by atoms with Gasteiger partial charge >= 0.3 is 18.1 Å². The minimum Gasteiger partial charge on any atom is -0.493 e. The second-order valence-corrected chi connectivity index (χ2v) is 17.4. The smallest absolute Gasteiger partial charge is 0.405 e. The maximum Gasteiger partial charge on any atom is 0.405 e. The number of hydrogen-bond donors (Lipinski definition) is 1. The second kappa shape index (κ2) is 18.8. The summed E-state index contributed by atoms with van der Waals surface area (Å²) in [6.45, 7) is 10.4. The topological polar surface area (TPSA) is 126 Å². The van der Waals surface area contributed by atoms with E-state index in [1.165, 1.54) is 11.3 Å². The quantitative estimate of drug-likeness (QED) is 0.0907. The van der Waals surface area contributed by atoms with Crippen LogP contribution < -0.4 is 15.0 Å². The number of piperazine rings is 1. The number of nitrogens with one attached hydrogen (secondary N) is 1. The van der Waals surface area contributed by atoms with Crippen LogP contribution in [0.1, 0.15) is 71.7 Å². The number of thiazole rings is 1. The second-order valence-electron chi connectivity index (χ2n) is 16.4. The Labute approximate surface area is 363 Å². The minimum atomic E-state index is -4.50. The Morgan fingerprint density at radius 1 is 0.919 bits per heavy atom. The lowest BCUT2D eigenvalue weighted by Gasteiger charge is -2.41. The summed E-state index contributed by atoms with van der Waals surface area (Å²) < 4.78 is 59.9. The Morgan fingerprint density at radius 2 is 1.71 bits per heavy atom. The van der Waals surface area contributed by atoms with Gasteiger partial charge in [-0.3, -0.25) is 19.8 Å². The first-order chi connectivity index (χ1) is 29.6. The third-order valence-electron chi connectivity index (χ3n) is 10.9. The SMILES string of the molecule is CCOC(=O)CN1CCN(CCCOc2cccc(-c3ccc(N4CCc5cccc(C(=O)Nc6nc7ccccc7s6)c5C4)nc3C(=O)OC(C)(C)C)c2C)CC1C(F)(F)F. The number of esters is 2. The van der Waals surface area contributed by atoms with E-state index in [0.717, 1.165) is 31.8 Å². The Hall–Kier alpha value is -5.58. The van der Waals surface area contributed by atoms with E-state index in [2.05, 4.69) is 15.2 Å². The van der Waals surface area contributed by atoms with Crippen molar-refractivity contribution < 1.29 is 41.8 Å². The molecule has 16 heteroatoms. The monoisotopic (exact) mass is 872 g/mol. The van der Waals surface area contributed by atoms with Crippen molar-refractivity contribution in [3.63, 3.8) is 0 Å². The average Bonchev–Trinajstić information content (AvgIpc) is 3.64. The predicted octanol–water partition coefficient (Wildman–Crippen LogP) is 8.32. The normalized spacial score (nSPS) is 16.2. The number of hydrogen-bond acceptors (Lipinski definition) is 12. The van der Waals surface area contributed by atoms with Crippen LogP contribution in [0, 0.1) is 6.92 Å². The molecule has 2 aliphatic rings. The van der Waals surface area contributed by atoms with Gasteiger partial charge in [0.2, 0.25) is 0 Å². The number of pyridine rings is 1. The summed E-state index contributed by atoms with van der Waals surface area (Å²) in [5.41, 5.74) is 4.66. The minimum absolute atomic E-state index is 0.0901. The van der Waals surface area contributed by atoms with E-state index in [0.29, 0.717) is 72.4 Å². The molecule has 328 valence electrons. The molecule has 2 aliphatic heterocycles. The number of halogens is 3. The first-order valence-corrected chi connectivity index (χ1v) is 21.6. The van der Waals surface area contributed by atoms with Crippen molar-refractivity contribution in [3.05, 3.63) is 101 Å². The molecule has 1 unspecified atom stereocenters. The number of amides is 1. The van der Waals surface area contributed by atoms with Crippen molar-refractivity contribution >= 4 is 50.3 Å². The average molecular weight is 873 g/mol. The van der Waals surface area contributed by atoms with E-state index in [4.69, 9.17) is 19.2 Å². The summed E-state index contributed by atoms with van der Waals surface area (Å²) in [6, 6.07) is 20.9. The van der Waals surface area contributed by atoms with Crippen molar-refractivity contribution in [2.45, 2.75) is 71.8 Å². The van der Waals surface area contributed by atoms with Gasteiger partial charge < -0.3 is 24.0 Å². The zero-order valence-electron chi connectivity index (χ0n) is 35.5. The molecule has 0 spiro atoms. The summed E-state index contributed by atoms with van der Waals surface area (Å²) >= 11 is 1.42. The Morgan fingerprint density at radius 3 is 2.47 bits per heavy atom. The van der Waals surface area contributed by atoms with Gasteiger partial charge in [0.05, 0.1) is 30.0 Å². The molecule has 3 aromatic carbocycles. The van der Waals surface area contributed by atoms with E-state index in [9.17, 15) is 27.6 Å². The molecule has 2 aromatic heterocycles. The molecule has 1 atom stereocenters. The summed E-state index contributed by atoms with van der Waals surface area (Å²) in [6.07, 6.45) is -3.37. The number of fused-ring (bicyclic) bond motifs is 2. The molecule has 4 heterocycles. The number of para-hydroxylation sites is 1. The number of alkyl halides is 3. The largest absolute Gasteiger partial charge is 0.493 e. The van der Waals surface area contributed by atoms with Crippen LogP contribution in [-0.4, -0.2) is 108 Å². The summed E-state index contributed by atoms with van der Waals surface area (Å²) in [4.78, 5) is 54.0. The predicted molar refractivity (Wildman–Crippen MR) is 233 cm³/mol. The highest BCUT2D eigenvalue weighted by atomic mass is 32.1.